The maximum Gasteiger partial charge on any atom is 0.350 e. The van der Waals surface area contributed by atoms with Gasteiger partial charge in [0.1, 0.15) is 5.39 Å². The number of hydrogen-bond acceptors (Lipinski definition) is 6. The summed E-state index contributed by atoms with van der Waals surface area (Å²) in [5.41, 5.74) is 0.344. The normalized spacial score (nSPS) is 11.0. The fourth-order valence-electron chi connectivity index (χ4n) is 1.80. The van der Waals surface area contributed by atoms with Crippen molar-refractivity contribution in [1.29, 1.82) is 0 Å². The maximum absolute atomic E-state index is 12.0. The Morgan fingerprint density at radius 1 is 1.29 bits per heavy atom. The third kappa shape index (κ3) is 2.77. The number of nitrogens with zero attached hydrogens (tertiary/aromatic N) is 3. The zero-order valence-electron chi connectivity index (χ0n) is 11.0. The highest BCUT2D eigenvalue weighted by Crippen LogP contribution is 2.26. The Bertz CT molecular complexity index is 866. The second-order valence-electron chi connectivity index (χ2n) is 4.11. The molecule has 2 heterocycles. The molecule has 7 heteroatoms. The van der Waals surface area contributed by atoms with E-state index in [0.29, 0.717) is 21.4 Å². The molecule has 0 aliphatic rings. The quantitative estimate of drug-likeness (QED) is 0.544. The minimum atomic E-state index is -0.525. The third-order valence-electron chi connectivity index (χ3n) is 2.74. The maximum atomic E-state index is 12.0. The Morgan fingerprint density at radius 2 is 2.10 bits per heavy atom. The van der Waals surface area contributed by atoms with E-state index in [4.69, 9.17) is 16.0 Å². The van der Waals surface area contributed by atoms with Crippen LogP contribution in [-0.4, -0.2) is 20.7 Å². The van der Waals surface area contributed by atoms with Crippen molar-refractivity contribution in [3.8, 4) is 11.5 Å². The SMILES string of the molecule is CCSc1ncc2c(=O)oc(-c3ccccc3Cl)nc2n1. The van der Waals surface area contributed by atoms with Crippen molar-refractivity contribution in [2.45, 2.75) is 12.1 Å². The van der Waals surface area contributed by atoms with Crippen LogP contribution >= 0.6 is 23.4 Å². The standard InChI is InChI=1S/C14H10ClN3O2S/c1-2-21-14-16-7-9-11(18-14)17-12(20-13(9)19)8-5-3-4-6-10(8)15/h3-7H,2H2,1H3. The lowest BCUT2D eigenvalue weighted by Crippen LogP contribution is -2.06. The first-order chi connectivity index (χ1) is 10.2. The summed E-state index contributed by atoms with van der Waals surface area (Å²) in [5.74, 6) is 0.994. The monoisotopic (exact) mass is 319 g/mol. The largest absolute Gasteiger partial charge is 0.403 e. The fourth-order valence-corrected chi connectivity index (χ4v) is 2.55. The average Bonchev–Trinajstić information content (AvgIpc) is 2.47. The number of rotatable bonds is 3. The molecule has 21 heavy (non-hydrogen) atoms. The highest BCUT2D eigenvalue weighted by molar-refractivity contribution is 7.99. The van der Waals surface area contributed by atoms with Gasteiger partial charge in [0, 0.05) is 6.20 Å². The molecule has 0 saturated heterocycles. The Hall–Kier alpha value is -1.92. The van der Waals surface area contributed by atoms with E-state index in [1.165, 1.54) is 18.0 Å². The van der Waals surface area contributed by atoms with E-state index in [1.54, 1.807) is 24.3 Å². The third-order valence-corrected chi connectivity index (χ3v) is 3.81. The lowest BCUT2D eigenvalue weighted by atomic mass is 10.2. The summed E-state index contributed by atoms with van der Waals surface area (Å²) >= 11 is 7.58. The summed E-state index contributed by atoms with van der Waals surface area (Å²) in [4.78, 5) is 24.7. The van der Waals surface area contributed by atoms with Crippen molar-refractivity contribution in [1.82, 2.24) is 15.0 Å². The van der Waals surface area contributed by atoms with Crippen LogP contribution in [0.1, 0.15) is 6.92 Å². The first kappa shape index (κ1) is 14.0. The lowest BCUT2D eigenvalue weighted by Gasteiger charge is -2.03. The molecule has 0 fully saturated rings. The number of halogens is 1. The van der Waals surface area contributed by atoms with Crippen LogP contribution in [-0.2, 0) is 0 Å². The first-order valence-corrected chi connectivity index (χ1v) is 7.61. The second-order valence-corrected chi connectivity index (χ2v) is 5.75. The molecule has 0 amide bonds. The van der Waals surface area contributed by atoms with Crippen LogP contribution in [0.3, 0.4) is 0 Å². The number of hydrogen-bond donors (Lipinski definition) is 0. The minimum Gasteiger partial charge on any atom is -0.403 e. The van der Waals surface area contributed by atoms with Gasteiger partial charge >= 0.3 is 5.63 Å². The lowest BCUT2D eigenvalue weighted by molar-refractivity contribution is 0.517. The van der Waals surface area contributed by atoms with Gasteiger partial charge in [-0.2, -0.15) is 4.98 Å². The van der Waals surface area contributed by atoms with E-state index in [-0.39, 0.29) is 11.3 Å². The zero-order valence-corrected chi connectivity index (χ0v) is 12.6. The van der Waals surface area contributed by atoms with E-state index in [2.05, 4.69) is 15.0 Å². The Kier molecular flexibility index (Phi) is 3.90. The molecular weight excluding hydrogens is 310 g/mol. The average molecular weight is 320 g/mol. The van der Waals surface area contributed by atoms with Gasteiger partial charge in [0.05, 0.1) is 10.6 Å². The first-order valence-electron chi connectivity index (χ1n) is 6.24. The molecule has 0 spiro atoms. The second kappa shape index (κ2) is 5.83. The summed E-state index contributed by atoms with van der Waals surface area (Å²) in [5, 5.41) is 1.30. The van der Waals surface area contributed by atoms with Crippen LogP contribution < -0.4 is 5.63 Å². The molecule has 0 unspecified atom stereocenters. The van der Waals surface area contributed by atoms with Gasteiger partial charge in [0.2, 0.25) is 5.89 Å². The van der Waals surface area contributed by atoms with Crippen molar-refractivity contribution < 1.29 is 4.42 Å². The van der Waals surface area contributed by atoms with E-state index in [9.17, 15) is 4.79 Å². The summed E-state index contributed by atoms with van der Waals surface area (Å²) in [6.07, 6.45) is 1.44. The van der Waals surface area contributed by atoms with Gasteiger partial charge in [0.25, 0.3) is 0 Å². The highest BCUT2D eigenvalue weighted by Gasteiger charge is 2.13. The predicted molar refractivity (Wildman–Crippen MR) is 82.7 cm³/mol. The van der Waals surface area contributed by atoms with Crippen LogP contribution in [0.5, 0.6) is 0 Å². The predicted octanol–water partition coefficient (Wildman–Crippen LogP) is 3.41. The summed E-state index contributed by atoms with van der Waals surface area (Å²) < 4.78 is 5.22. The zero-order chi connectivity index (χ0) is 14.8. The Labute approximate surface area is 129 Å². The van der Waals surface area contributed by atoms with E-state index < -0.39 is 5.63 Å². The van der Waals surface area contributed by atoms with Crippen molar-refractivity contribution in [3.05, 3.63) is 45.9 Å². The van der Waals surface area contributed by atoms with Gasteiger partial charge in [-0.1, -0.05) is 42.4 Å². The molecule has 0 saturated carbocycles. The number of aromatic nitrogens is 3. The minimum absolute atomic E-state index is 0.157. The van der Waals surface area contributed by atoms with Crippen LogP contribution in [0.25, 0.3) is 22.5 Å². The fraction of sp³-hybridized carbons (Fsp3) is 0.143. The number of benzene rings is 1. The molecule has 106 valence electrons. The highest BCUT2D eigenvalue weighted by atomic mass is 35.5. The summed E-state index contributed by atoms with van der Waals surface area (Å²) in [6, 6.07) is 7.04. The van der Waals surface area contributed by atoms with Gasteiger partial charge in [-0.25, -0.2) is 14.8 Å². The van der Waals surface area contributed by atoms with Crippen LogP contribution in [0.4, 0.5) is 0 Å². The summed E-state index contributed by atoms with van der Waals surface area (Å²) in [6.45, 7) is 2.00. The topological polar surface area (TPSA) is 68.9 Å². The molecule has 0 N–H and O–H groups in total. The molecule has 0 aliphatic heterocycles. The van der Waals surface area contributed by atoms with Gasteiger partial charge in [-0.15, -0.1) is 0 Å². The Morgan fingerprint density at radius 3 is 2.86 bits per heavy atom. The molecule has 0 bridgehead atoms. The molecule has 5 nitrogen and oxygen atoms in total. The molecule has 3 rings (SSSR count). The molecule has 0 aliphatic carbocycles. The van der Waals surface area contributed by atoms with Crippen LogP contribution in [0.2, 0.25) is 5.02 Å². The van der Waals surface area contributed by atoms with Crippen molar-refractivity contribution in [2.75, 3.05) is 5.75 Å². The van der Waals surface area contributed by atoms with Gasteiger partial charge in [0.15, 0.2) is 10.8 Å². The van der Waals surface area contributed by atoms with E-state index in [0.717, 1.165) is 5.75 Å². The Balaban J connectivity index is 2.22. The molecule has 0 atom stereocenters. The van der Waals surface area contributed by atoms with Crippen molar-refractivity contribution >= 4 is 34.4 Å². The smallest absolute Gasteiger partial charge is 0.350 e. The van der Waals surface area contributed by atoms with Crippen molar-refractivity contribution in [2.24, 2.45) is 0 Å². The van der Waals surface area contributed by atoms with Gasteiger partial charge in [-0.05, 0) is 17.9 Å². The van der Waals surface area contributed by atoms with E-state index in [1.807, 2.05) is 6.92 Å². The number of thioether (sulfide) groups is 1. The molecule has 1 aromatic carbocycles. The molecular formula is C14H10ClN3O2S. The molecule has 3 aromatic rings. The van der Waals surface area contributed by atoms with Gasteiger partial charge < -0.3 is 4.42 Å². The molecule has 2 aromatic heterocycles. The number of fused-ring (bicyclic) bond motifs is 1. The molecule has 0 radical (unpaired) electrons. The summed E-state index contributed by atoms with van der Waals surface area (Å²) in [7, 11) is 0. The van der Waals surface area contributed by atoms with Crippen LogP contribution in [0, 0.1) is 0 Å². The van der Waals surface area contributed by atoms with Crippen LogP contribution in [0.15, 0.2) is 44.8 Å². The van der Waals surface area contributed by atoms with Gasteiger partial charge in [-0.3, -0.25) is 0 Å². The van der Waals surface area contributed by atoms with Crippen molar-refractivity contribution in [3.63, 3.8) is 0 Å². The van der Waals surface area contributed by atoms with E-state index >= 15 is 0 Å².